The molecule has 6 nitrogen and oxygen atoms in total. The van der Waals surface area contributed by atoms with E-state index in [2.05, 4.69) is 10.0 Å². The molecule has 3 N–H and O–H groups in total. The molecule has 1 aliphatic rings. The average molecular weight is 250 g/mol. The fourth-order valence-electron chi connectivity index (χ4n) is 1.20. The van der Waals surface area contributed by atoms with Crippen LogP contribution < -0.4 is 10.0 Å². The summed E-state index contributed by atoms with van der Waals surface area (Å²) in [7, 11) is -3.37. The second kappa shape index (κ2) is 6.17. The Hall–Kier alpha value is -0.660. The lowest BCUT2D eigenvalue weighted by atomic mass is 10.3. The molecule has 1 rings (SSSR count). The molecule has 94 valence electrons. The molecular formula is C9H18N2O4S. The number of nitrogens with one attached hydrogen (secondary N) is 2. The van der Waals surface area contributed by atoms with E-state index in [0.29, 0.717) is 18.9 Å². The lowest BCUT2D eigenvalue weighted by Crippen LogP contribution is -2.30. The molecule has 0 aromatic heterocycles. The summed E-state index contributed by atoms with van der Waals surface area (Å²) in [6.45, 7) is -0.155. The lowest BCUT2D eigenvalue weighted by Gasteiger charge is -2.05. The van der Waals surface area contributed by atoms with Gasteiger partial charge in [0.05, 0.1) is 12.4 Å². The van der Waals surface area contributed by atoms with Crippen molar-refractivity contribution < 1.29 is 18.3 Å². The van der Waals surface area contributed by atoms with Gasteiger partial charge in [-0.3, -0.25) is 4.79 Å². The predicted molar refractivity (Wildman–Crippen MR) is 59.3 cm³/mol. The quantitative estimate of drug-likeness (QED) is 0.479. The largest absolute Gasteiger partial charge is 0.395 e. The van der Waals surface area contributed by atoms with Crippen molar-refractivity contribution in [3.63, 3.8) is 0 Å². The van der Waals surface area contributed by atoms with Crippen molar-refractivity contribution >= 4 is 15.9 Å². The van der Waals surface area contributed by atoms with E-state index >= 15 is 0 Å². The van der Waals surface area contributed by atoms with E-state index in [0.717, 1.165) is 12.8 Å². The number of carbonyl (C=O) groups is 1. The van der Waals surface area contributed by atoms with Gasteiger partial charge in [-0.1, -0.05) is 0 Å². The number of rotatable bonds is 8. The predicted octanol–water partition coefficient (Wildman–Crippen LogP) is -1.04. The lowest BCUT2D eigenvalue weighted by molar-refractivity contribution is -0.121. The van der Waals surface area contributed by atoms with Gasteiger partial charge in [-0.05, 0) is 19.3 Å². The number of hydrogen-bond acceptors (Lipinski definition) is 4. The monoisotopic (exact) mass is 250 g/mol. The number of aliphatic hydroxyl groups excluding tert-OH is 1. The molecule has 0 aliphatic heterocycles. The molecule has 1 fully saturated rings. The molecule has 0 radical (unpaired) electrons. The summed E-state index contributed by atoms with van der Waals surface area (Å²) >= 11 is 0. The van der Waals surface area contributed by atoms with Crippen LogP contribution >= 0.6 is 0 Å². The van der Waals surface area contributed by atoms with E-state index in [1.165, 1.54) is 0 Å². The normalized spacial score (nSPS) is 16.1. The highest BCUT2D eigenvalue weighted by Crippen LogP contribution is 2.18. The van der Waals surface area contributed by atoms with Gasteiger partial charge >= 0.3 is 0 Å². The fourth-order valence-corrected chi connectivity index (χ4v) is 2.04. The molecule has 1 saturated carbocycles. The molecule has 0 bridgehead atoms. The van der Waals surface area contributed by atoms with Crippen molar-refractivity contribution in [3.8, 4) is 0 Å². The summed E-state index contributed by atoms with van der Waals surface area (Å²) < 4.78 is 24.5. The summed E-state index contributed by atoms with van der Waals surface area (Å²) in [4.78, 5) is 11.2. The minimum Gasteiger partial charge on any atom is -0.395 e. The Morgan fingerprint density at radius 3 is 2.62 bits per heavy atom. The van der Waals surface area contributed by atoms with Crippen LogP contribution in [0.5, 0.6) is 0 Å². The van der Waals surface area contributed by atoms with Crippen molar-refractivity contribution in [2.75, 3.05) is 18.9 Å². The van der Waals surface area contributed by atoms with Gasteiger partial charge in [-0.2, -0.15) is 0 Å². The van der Waals surface area contributed by atoms with E-state index in [9.17, 15) is 13.2 Å². The summed E-state index contributed by atoms with van der Waals surface area (Å²) in [5, 5.41) is 11.3. The maximum absolute atomic E-state index is 11.2. The Balaban J connectivity index is 2.04. The number of hydrogen-bond donors (Lipinski definition) is 3. The maximum Gasteiger partial charge on any atom is 0.220 e. The Labute approximate surface area is 95.5 Å². The standard InChI is InChI=1S/C9H18N2O4S/c12-6-7-16(14,15)10-5-1-2-9(13)11-8-3-4-8/h8,10,12H,1-7H2,(H,11,13). The Bertz CT molecular complexity index is 324. The first-order chi connectivity index (χ1) is 7.53. The van der Waals surface area contributed by atoms with Crippen LogP contribution in [0.15, 0.2) is 0 Å². The van der Waals surface area contributed by atoms with Gasteiger partial charge < -0.3 is 10.4 Å². The maximum atomic E-state index is 11.2. The smallest absolute Gasteiger partial charge is 0.220 e. The molecule has 0 aromatic carbocycles. The summed E-state index contributed by atoms with van der Waals surface area (Å²) in [5.74, 6) is -0.315. The number of aliphatic hydroxyl groups is 1. The van der Waals surface area contributed by atoms with Crippen LogP contribution in [0, 0.1) is 0 Å². The van der Waals surface area contributed by atoms with Gasteiger partial charge in [0.2, 0.25) is 15.9 Å². The van der Waals surface area contributed by atoms with Crippen molar-refractivity contribution in [1.29, 1.82) is 0 Å². The van der Waals surface area contributed by atoms with E-state index in [-0.39, 0.29) is 18.2 Å². The van der Waals surface area contributed by atoms with Crippen LogP contribution in [0.1, 0.15) is 25.7 Å². The second-order valence-electron chi connectivity index (χ2n) is 3.88. The first-order valence-corrected chi connectivity index (χ1v) is 7.06. The summed E-state index contributed by atoms with van der Waals surface area (Å²) in [5.41, 5.74) is 0. The minimum atomic E-state index is -3.37. The summed E-state index contributed by atoms with van der Waals surface area (Å²) in [6.07, 6.45) is 2.91. The van der Waals surface area contributed by atoms with Crippen LogP contribution in [-0.2, 0) is 14.8 Å². The van der Waals surface area contributed by atoms with Gasteiger partial charge in [0.25, 0.3) is 0 Å². The molecule has 7 heteroatoms. The van der Waals surface area contributed by atoms with Crippen LogP contribution in [0.3, 0.4) is 0 Å². The highest BCUT2D eigenvalue weighted by molar-refractivity contribution is 7.89. The molecule has 0 saturated heterocycles. The third-order valence-corrected chi connectivity index (χ3v) is 3.57. The summed E-state index contributed by atoms with van der Waals surface area (Å²) in [6, 6.07) is 0.346. The van der Waals surface area contributed by atoms with Crippen LogP contribution in [0.25, 0.3) is 0 Å². The second-order valence-corrected chi connectivity index (χ2v) is 5.81. The SMILES string of the molecule is O=C(CCCNS(=O)(=O)CCO)NC1CC1. The van der Waals surface area contributed by atoms with Gasteiger partial charge in [0, 0.05) is 19.0 Å². The van der Waals surface area contributed by atoms with Crippen molar-refractivity contribution in [2.45, 2.75) is 31.7 Å². The molecular weight excluding hydrogens is 232 g/mol. The van der Waals surface area contributed by atoms with Crippen molar-refractivity contribution in [1.82, 2.24) is 10.0 Å². The van der Waals surface area contributed by atoms with Gasteiger partial charge in [0.15, 0.2) is 0 Å². The zero-order valence-electron chi connectivity index (χ0n) is 9.11. The van der Waals surface area contributed by atoms with E-state index in [1.807, 2.05) is 0 Å². The number of sulfonamides is 1. The molecule has 0 heterocycles. The van der Waals surface area contributed by atoms with Gasteiger partial charge in [-0.25, -0.2) is 13.1 Å². The third kappa shape index (κ3) is 6.04. The van der Waals surface area contributed by atoms with Gasteiger partial charge in [0.1, 0.15) is 0 Å². The fraction of sp³-hybridized carbons (Fsp3) is 0.889. The van der Waals surface area contributed by atoms with Crippen LogP contribution in [-0.4, -0.2) is 44.4 Å². The third-order valence-electron chi connectivity index (χ3n) is 2.21. The number of amides is 1. The van der Waals surface area contributed by atoms with Crippen molar-refractivity contribution in [3.05, 3.63) is 0 Å². The number of carbonyl (C=O) groups excluding carboxylic acids is 1. The van der Waals surface area contributed by atoms with Crippen molar-refractivity contribution in [2.24, 2.45) is 0 Å². The van der Waals surface area contributed by atoms with Crippen LogP contribution in [0.2, 0.25) is 0 Å². The molecule has 1 amide bonds. The molecule has 0 unspecified atom stereocenters. The molecule has 1 aliphatic carbocycles. The van der Waals surface area contributed by atoms with E-state index in [1.54, 1.807) is 0 Å². The highest BCUT2D eigenvalue weighted by atomic mass is 32.2. The van der Waals surface area contributed by atoms with E-state index < -0.39 is 16.6 Å². The van der Waals surface area contributed by atoms with Gasteiger partial charge in [-0.15, -0.1) is 0 Å². The molecule has 0 atom stereocenters. The zero-order chi connectivity index (χ0) is 12.0. The first kappa shape index (κ1) is 13.4. The Morgan fingerprint density at radius 2 is 2.06 bits per heavy atom. The highest BCUT2D eigenvalue weighted by Gasteiger charge is 2.22. The van der Waals surface area contributed by atoms with Crippen LogP contribution in [0.4, 0.5) is 0 Å². The zero-order valence-corrected chi connectivity index (χ0v) is 9.92. The minimum absolute atomic E-state index is 0.0242. The van der Waals surface area contributed by atoms with E-state index in [4.69, 9.17) is 5.11 Å². The molecule has 16 heavy (non-hydrogen) atoms. The molecule has 0 spiro atoms. The first-order valence-electron chi connectivity index (χ1n) is 5.41. The Morgan fingerprint density at radius 1 is 1.38 bits per heavy atom. The molecule has 0 aromatic rings. The average Bonchev–Trinajstić information content (AvgIpc) is 2.96. The Kier molecular flexibility index (Phi) is 5.17. The topological polar surface area (TPSA) is 95.5 Å².